The molecule has 3 aromatic rings. The van der Waals surface area contributed by atoms with Gasteiger partial charge in [-0.1, -0.05) is 11.6 Å². The highest BCUT2D eigenvalue weighted by Gasteiger charge is 2.36. The molecule has 0 amide bonds. The van der Waals surface area contributed by atoms with E-state index in [1.165, 1.54) is 35.9 Å². The summed E-state index contributed by atoms with van der Waals surface area (Å²) in [6, 6.07) is 3.01. The predicted molar refractivity (Wildman–Crippen MR) is 122 cm³/mol. The van der Waals surface area contributed by atoms with Crippen LogP contribution in [0.4, 0.5) is 8.78 Å². The van der Waals surface area contributed by atoms with Crippen molar-refractivity contribution < 1.29 is 28.5 Å². The van der Waals surface area contributed by atoms with Gasteiger partial charge in [0.1, 0.15) is 16.5 Å². The average molecular weight is 507 g/mol. The number of ketones is 1. The molecule has 35 heavy (non-hydrogen) atoms. The average Bonchev–Trinajstić information content (AvgIpc) is 2.76. The van der Waals surface area contributed by atoms with Crippen LogP contribution in [0.2, 0.25) is 5.02 Å². The van der Waals surface area contributed by atoms with Gasteiger partial charge >= 0.3 is 5.97 Å². The molecule has 0 saturated heterocycles. The molecule has 0 bridgehead atoms. The van der Waals surface area contributed by atoms with Gasteiger partial charge in [-0.3, -0.25) is 19.1 Å². The van der Waals surface area contributed by atoms with E-state index < -0.39 is 45.4 Å². The number of pyridine rings is 3. The van der Waals surface area contributed by atoms with E-state index in [1.54, 1.807) is 32.1 Å². The lowest BCUT2D eigenvalue weighted by molar-refractivity contribution is -0.308. The van der Waals surface area contributed by atoms with Crippen molar-refractivity contribution >= 4 is 17.4 Å². The topological polar surface area (TPSA) is 118 Å². The molecule has 0 aliphatic heterocycles. The van der Waals surface area contributed by atoms with Crippen molar-refractivity contribution in [2.45, 2.75) is 19.8 Å². The molecule has 0 saturated carbocycles. The molecular formula is C23H21ClF2N4O5. The van der Waals surface area contributed by atoms with Crippen LogP contribution in [0.5, 0.6) is 5.75 Å². The second kappa shape index (κ2) is 9.90. The lowest BCUT2D eigenvalue weighted by atomic mass is 10.1. The first-order valence-corrected chi connectivity index (χ1v) is 10.4. The molecule has 0 radical (unpaired) electrons. The summed E-state index contributed by atoms with van der Waals surface area (Å²) in [6.45, 7) is 3.18. The van der Waals surface area contributed by atoms with Crippen LogP contribution in [0, 0.1) is 25.5 Å². The number of rotatable bonds is 7. The van der Waals surface area contributed by atoms with Crippen LogP contribution in [0.25, 0.3) is 5.69 Å². The molecule has 3 aromatic heterocycles. The van der Waals surface area contributed by atoms with Crippen LogP contribution >= 0.6 is 11.6 Å². The number of aryl methyl sites for hydroxylation is 2. The fourth-order valence-corrected chi connectivity index (χ4v) is 3.28. The standard InChI is InChI=1S/C23H21ClF2N4O5/c1-12-10-27-16(18(31)5-6-29(3)4)9-17(12)30-13(2)7-19(20(24)22(30)32)35-23(33,34)21-15(26)8-14(25)11-28-21/h5-11,33-34H,1-4H3/b6-5+. The van der Waals surface area contributed by atoms with Crippen LogP contribution in [-0.4, -0.2) is 49.5 Å². The first-order chi connectivity index (χ1) is 16.3. The summed E-state index contributed by atoms with van der Waals surface area (Å²) < 4.78 is 33.3. The molecule has 3 rings (SSSR count). The lowest BCUT2D eigenvalue weighted by Crippen LogP contribution is -2.35. The Hall–Kier alpha value is -3.67. The van der Waals surface area contributed by atoms with E-state index in [2.05, 4.69) is 9.97 Å². The molecule has 184 valence electrons. The molecule has 12 heteroatoms. The van der Waals surface area contributed by atoms with E-state index >= 15 is 0 Å². The summed E-state index contributed by atoms with van der Waals surface area (Å²) in [5.41, 5.74) is -0.687. The van der Waals surface area contributed by atoms with Crippen molar-refractivity contribution in [1.82, 2.24) is 19.4 Å². The summed E-state index contributed by atoms with van der Waals surface area (Å²) >= 11 is 6.16. The minimum absolute atomic E-state index is 0.0778. The highest BCUT2D eigenvalue weighted by atomic mass is 35.5. The van der Waals surface area contributed by atoms with Crippen LogP contribution in [0.15, 0.2) is 47.7 Å². The van der Waals surface area contributed by atoms with Crippen LogP contribution in [-0.2, 0) is 5.97 Å². The van der Waals surface area contributed by atoms with Gasteiger partial charge in [0.25, 0.3) is 5.56 Å². The number of carbonyl (C=O) groups is 1. The molecule has 0 aliphatic carbocycles. The number of aliphatic hydroxyl groups is 2. The molecule has 0 unspecified atom stereocenters. The van der Waals surface area contributed by atoms with Gasteiger partial charge in [0.05, 0.1) is 11.9 Å². The third kappa shape index (κ3) is 5.53. The first kappa shape index (κ1) is 25.9. The van der Waals surface area contributed by atoms with Gasteiger partial charge in [-0.05, 0) is 25.5 Å². The van der Waals surface area contributed by atoms with Crippen molar-refractivity contribution in [2.75, 3.05) is 14.1 Å². The number of hydrogen-bond acceptors (Lipinski definition) is 8. The van der Waals surface area contributed by atoms with E-state index in [1.807, 2.05) is 0 Å². The van der Waals surface area contributed by atoms with Gasteiger partial charge in [0, 0.05) is 50.4 Å². The lowest BCUT2D eigenvalue weighted by Gasteiger charge is -2.24. The first-order valence-electron chi connectivity index (χ1n) is 10.0. The number of halogens is 3. The van der Waals surface area contributed by atoms with E-state index in [9.17, 15) is 28.6 Å². The summed E-state index contributed by atoms with van der Waals surface area (Å²) in [4.78, 5) is 34.7. The van der Waals surface area contributed by atoms with Crippen LogP contribution in [0.1, 0.15) is 27.4 Å². The van der Waals surface area contributed by atoms with E-state index in [-0.39, 0.29) is 11.4 Å². The molecule has 0 spiro atoms. The number of carbonyl (C=O) groups excluding carboxylic acids is 1. The number of aromatic nitrogens is 3. The number of hydrogen-bond donors (Lipinski definition) is 2. The Labute approximate surface area is 203 Å². The number of nitrogens with zero attached hydrogens (tertiary/aromatic N) is 4. The Balaban J connectivity index is 2.05. The van der Waals surface area contributed by atoms with E-state index in [0.29, 0.717) is 23.5 Å². The minimum Gasteiger partial charge on any atom is -0.433 e. The maximum atomic E-state index is 14.0. The molecule has 0 aromatic carbocycles. The Kier molecular flexibility index (Phi) is 7.34. The highest BCUT2D eigenvalue weighted by molar-refractivity contribution is 6.31. The molecule has 2 N–H and O–H groups in total. The van der Waals surface area contributed by atoms with E-state index in [4.69, 9.17) is 16.3 Å². The van der Waals surface area contributed by atoms with Crippen molar-refractivity contribution in [3.8, 4) is 11.4 Å². The van der Waals surface area contributed by atoms with Crippen molar-refractivity contribution in [3.63, 3.8) is 0 Å². The maximum absolute atomic E-state index is 14.0. The molecule has 3 heterocycles. The number of ether oxygens (including phenoxy) is 1. The SMILES string of the molecule is Cc1cnc(C(=O)/C=C/N(C)C)cc1-n1c(C)cc(OC(O)(O)c2ncc(F)cc2F)c(Cl)c1=O. The van der Waals surface area contributed by atoms with Gasteiger partial charge in [-0.15, -0.1) is 0 Å². The zero-order valence-electron chi connectivity index (χ0n) is 19.1. The maximum Gasteiger partial charge on any atom is 0.372 e. The summed E-state index contributed by atoms with van der Waals surface area (Å²) in [5, 5.41) is 19.9. The van der Waals surface area contributed by atoms with Crippen molar-refractivity contribution in [1.29, 1.82) is 0 Å². The smallest absolute Gasteiger partial charge is 0.372 e. The molecule has 9 nitrogen and oxygen atoms in total. The minimum atomic E-state index is -3.36. The predicted octanol–water partition coefficient (Wildman–Crippen LogP) is 2.61. The molecule has 0 atom stereocenters. The fourth-order valence-electron chi connectivity index (χ4n) is 3.10. The van der Waals surface area contributed by atoms with E-state index in [0.717, 1.165) is 0 Å². The van der Waals surface area contributed by atoms with Crippen LogP contribution in [0.3, 0.4) is 0 Å². The molecular weight excluding hydrogens is 486 g/mol. The zero-order chi connectivity index (χ0) is 26.1. The van der Waals surface area contributed by atoms with Gasteiger partial charge < -0.3 is 19.8 Å². The Bertz CT molecular complexity index is 1390. The molecule has 0 aliphatic rings. The zero-order valence-corrected chi connectivity index (χ0v) is 19.8. The normalized spacial score (nSPS) is 11.7. The second-order valence-electron chi connectivity index (χ2n) is 7.80. The monoisotopic (exact) mass is 506 g/mol. The largest absolute Gasteiger partial charge is 0.433 e. The van der Waals surface area contributed by atoms with Gasteiger partial charge in [0.2, 0.25) is 5.78 Å². The van der Waals surface area contributed by atoms with Gasteiger partial charge in [-0.2, -0.15) is 0 Å². The van der Waals surface area contributed by atoms with Crippen LogP contribution < -0.4 is 10.3 Å². The molecule has 0 fully saturated rings. The Morgan fingerprint density at radius 2 is 1.86 bits per heavy atom. The van der Waals surface area contributed by atoms with Crippen molar-refractivity contribution in [2.24, 2.45) is 0 Å². The quantitative estimate of drug-likeness (QED) is 0.285. The Morgan fingerprint density at radius 1 is 1.17 bits per heavy atom. The fraction of sp³-hybridized carbons (Fsp3) is 0.217. The third-order valence-electron chi connectivity index (χ3n) is 4.76. The summed E-state index contributed by atoms with van der Waals surface area (Å²) in [6.07, 6.45) is 4.86. The summed E-state index contributed by atoms with van der Waals surface area (Å²) in [5.74, 6) is -6.67. The van der Waals surface area contributed by atoms with Gasteiger partial charge in [0.15, 0.2) is 17.3 Å². The second-order valence-corrected chi connectivity index (χ2v) is 8.18. The Morgan fingerprint density at radius 3 is 2.49 bits per heavy atom. The van der Waals surface area contributed by atoms with Gasteiger partial charge in [-0.25, -0.2) is 13.8 Å². The highest BCUT2D eigenvalue weighted by Crippen LogP contribution is 2.30. The third-order valence-corrected chi connectivity index (χ3v) is 5.11. The summed E-state index contributed by atoms with van der Waals surface area (Å²) in [7, 11) is 3.50. The van der Waals surface area contributed by atoms with Crippen molar-refractivity contribution in [3.05, 3.63) is 92.5 Å². The number of allylic oxidation sites excluding steroid dienone is 1.